The van der Waals surface area contributed by atoms with E-state index in [2.05, 4.69) is 41.4 Å². The summed E-state index contributed by atoms with van der Waals surface area (Å²) in [5.74, 6) is 0.323. The topological polar surface area (TPSA) is 105 Å². The number of hydrogen-bond acceptors (Lipinski definition) is 7. The van der Waals surface area contributed by atoms with Crippen LogP contribution in [0.2, 0.25) is 0 Å². The first-order valence-corrected chi connectivity index (χ1v) is 9.98. The van der Waals surface area contributed by atoms with Crippen molar-refractivity contribution in [3.8, 4) is 11.4 Å². The molecule has 0 saturated heterocycles. The summed E-state index contributed by atoms with van der Waals surface area (Å²) in [6.07, 6.45) is 1.37. The van der Waals surface area contributed by atoms with Gasteiger partial charge in [0.1, 0.15) is 18.7 Å². The molecule has 0 aliphatic carbocycles. The van der Waals surface area contributed by atoms with Crippen LogP contribution < -0.4 is 5.56 Å². The molecule has 0 radical (unpaired) electrons. The average Bonchev–Trinajstić information content (AvgIpc) is 3.38. The molecule has 3 aromatic heterocycles. The van der Waals surface area contributed by atoms with Crippen LogP contribution in [-0.4, -0.2) is 34.7 Å². The van der Waals surface area contributed by atoms with Gasteiger partial charge in [-0.2, -0.15) is 4.98 Å². The summed E-state index contributed by atoms with van der Waals surface area (Å²) in [6, 6.07) is 13.6. The molecule has 0 spiro atoms. The summed E-state index contributed by atoms with van der Waals surface area (Å²) in [6.45, 7) is 0.282. The highest BCUT2D eigenvalue weighted by atomic mass is 79.9. The summed E-state index contributed by atoms with van der Waals surface area (Å²) in [5.41, 5.74) is 1.49. The van der Waals surface area contributed by atoms with Crippen molar-refractivity contribution in [1.29, 1.82) is 0 Å². The second-order valence-electron chi connectivity index (χ2n) is 6.75. The van der Waals surface area contributed by atoms with Crippen LogP contribution in [0.25, 0.3) is 22.6 Å². The Balaban J connectivity index is 1.42. The number of halogens is 2. The van der Waals surface area contributed by atoms with E-state index in [0.717, 1.165) is 10.0 Å². The summed E-state index contributed by atoms with van der Waals surface area (Å²) in [4.78, 5) is 21.5. The van der Waals surface area contributed by atoms with Crippen molar-refractivity contribution in [1.82, 2.24) is 34.7 Å². The van der Waals surface area contributed by atoms with Crippen LogP contribution in [0, 0.1) is 5.82 Å². The van der Waals surface area contributed by atoms with Crippen LogP contribution in [0.5, 0.6) is 0 Å². The molecule has 11 heteroatoms. The summed E-state index contributed by atoms with van der Waals surface area (Å²) in [5, 5.41) is 11.9. The van der Waals surface area contributed by atoms with Gasteiger partial charge < -0.3 is 4.52 Å². The molecule has 154 valence electrons. The Kier molecular flexibility index (Phi) is 4.86. The van der Waals surface area contributed by atoms with Crippen molar-refractivity contribution in [3.05, 3.63) is 87.0 Å². The maximum atomic E-state index is 13.4. The van der Waals surface area contributed by atoms with Gasteiger partial charge in [-0.25, -0.2) is 14.1 Å². The van der Waals surface area contributed by atoms with E-state index in [1.54, 1.807) is 12.1 Å². The first-order valence-electron chi connectivity index (χ1n) is 9.18. The predicted molar refractivity (Wildman–Crippen MR) is 112 cm³/mol. The Labute approximate surface area is 182 Å². The van der Waals surface area contributed by atoms with Crippen LogP contribution >= 0.6 is 15.9 Å². The molecule has 5 rings (SSSR count). The SMILES string of the molecule is O=c1c2nnn(Cc3cccc(F)c3)c2ncn1Cc1nc(-c2cccc(Br)c2)no1. The molecule has 0 saturated carbocycles. The van der Waals surface area contributed by atoms with E-state index in [0.29, 0.717) is 17.0 Å². The van der Waals surface area contributed by atoms with Crippen LogP contribution in [0.15, 0.2) is 68.6 Å². The van der Waals surface area contributed by atoms with Crippen molar-refractivity contribution in [3.63, 3.8) is 0 Å². The van der Waals surface area contributed by atoms with Crippen molar-refractivity contribution in [2.45, 2.75) is 13.1 Å². The molecule has 0 aliphatic heterocycles. The highest BCUT2D eigenvalue weighted by Gasteiger charge is 2.15. The maximum absolute atomic E-state index is 13.4. The van der Waals surface area contributed by atoms with Crippen LogP contribution in [0.1, 0.15) is 11.5 Å². The minimum atomic E-state index is -0.391. The fourth-order valence-electron chi connectivity index (χ4n) is 3.12. The summed E-state index contributed by atoms with van der Waals surface area (Å²) in [7, 11) is 0. The Bertz CT molecular complexity index is 1460. The number of nitrogens with zero attached hydrogens (tertiary/aromatic N) is 7. The third kappa shape index (κ3) is 3.87. The van der Waals surface area contributed by atoms with E-state index in [1.807, 2.05) is 24.3 Å². The standard InChI is InChI=1S/C20H13BrFN7O2/c21-14-5-2-4-13(8-14)18-24-16(31-26-18)10-28-11-23-19-17(20(28)30)25-27-29(19)9-12-3-1-6-15(22)7-12/h1-8,11H,9-10H2. The lowest BCUT2D eigenvalue weighted by Crippen LogP contribution is -2.21. The zero-order valence-electron chi connectivity index (χ0n) is 15.8. The van der Waals surface area contributed by atoms with E-state index in [1.165, 1.54) is 27.7 Å². The molecule has 9 nitrogen and oxygen atoms in total. The van der Waals surface area contributed by atoms with Gasteiger partial charge in [0.15, 0.2) is 11.2 Å². The minimum absolute atomic E-state index is 0.0412. The lowest BCUT2D eigenvalue weighted by Gasteiger charge is -2.03. The van der Waals surface area contributed by atoms with E-state index >= 15 is 0 Å². The van der Waals surface area contributed by atoms with Crippen molar-refractivity contribution >= 4 is 27.1 Å². The van der Waals surface area contributed by atoms with Gasteiger partial charge in [-0.15, -0.1) is 5.10 Å². The second-order valence-corrected chi connectivity index (χ2v) is 7.66. The molecule has 0 aliphatic rings. The van der Waals surface area contributed by atoms with Gasteiger partial charge in [0.05, 0.1) is 6.54 Å². The Morgan fingerprint density at radius 2 is 1.97 bits per heavy atom. The molecule has 3 heterocycles. The maximum Gasteiger partial charge on any atom is 0.283 e. The number of aromatic nitrogens is 7. The number of rotatable bonds is 5. The molecular formula is C20H13BrFN7O2. The lowest BCUT2D eigenvalue weighted by molar-refractivity contribution is 0.369. The molecule has 0 unspecified atom stereocenters. The average molecular weight is 482 g/mol. The summed E-state index contributed by atoms with van der Waals surface area (Å²) < 4.78 is 22.4. The van der Waals surface area contributed by atoms with E-state index < -0.39 is 5.56 Å². The minimum Gasteiger partial charge on any atom is -0.337 e. The fraction of sp³-hybridized carbons (Fsp3) is 0.100. The van der Waals surface area contributed by atoms with Gasteiger partial charge in [-0.05, 0) is 29.8 Å². The van der Waals surface area contributed by atoms with Gasteiger partial charge in [-0.1, -0.05) is 50.6 Å². The van der Waals surface area contributed by atoms with Crippen LogP contribution in [0.4, 0.5) is 4.39 Å². The zero-order valence-corrected chi connectivity index (χ0v) is 17.4. The highest BCUT2D eigenvalue weighted by Crippen LogP contribution is 2.20. The van der Waals surface area contributed by atoms with Gasteiger partial charge in [0.2, 0.25) is 11.7 Å². The van der Waals surface area contributed by atoms with Gasteiger partial charge >= 0.3 is 0 Å². The zero-order chi connectivity index (χ0) is 21.4. The quantitative estimate of drug-likeness (QED) is 0.379. The van der Waals surface area contributed by atoms with Gasteiger partial charge in [-0.3, -0.25) is 9.36 Å². The normalized spacial score (nSPS) is 11.3. The Morgan fingerprint density at radius 3 is 2.81 bits per heavy atom. The molecular weight excluding hydrogens is 469 g/mol. The number of hydrogen-bond donors (Lipinski definition) is 0. The fourth-order valence-corrected chi connectivity index (χ4v) is 3.52. The van der Waals surface area contributed by atoms with E-state index in [9.17, 15) is 9.18 Å². The number of fused-ring (bicyclic) bond motifs is 1. The van der Waals surface area contributed by atoms with Gasteiger partial charge in [0.25, 0.3) is 5.56 Å². The van der Waals surface area contributed by atoms with E-state index in [4.69, 9.17) is 4.52 Å². The summed E-state index contributed by atoms with van der Waals surface area (Å²) >= 11 is 3.41. The third-order valence-electron chi connectivity index (χ3n) is 4.57. The second kappa shape index (κ2) is 7.84. The molecule has 0 N–H and O–H groups in total. The van der Waals surface area contributed by atoms with Crippen molar-refractivity contribution in [2.24, 2.45) is 0 Å². The monoisotopic (exact) mass is 481 g/mol. The largest absolute Gasteiger partial charge is 0.337 e. The lowest BCUT2D eigenvalue weighted by atomic mass is 10.2. The van der Waals surface area contributed by atoms with Crippen molar-refractivity contribution < 1.29 is 8.91 Å². The Hall–Kier alpha value is -3.73. The smallest absolute Gasteiger partial charge is 0.283 e. The predicted octanol–water partition coefficient (Wildman–Crippen LogP) is 3.04. The van der Waals surface area contributed by atoms with Gasteiger partial charge in [0, 0.05) is 10.0 Å². The molecule has 31 heavy (non-hydrogen) atoms. The molecule has 2 aromatic carbocycles. The molecule has 0 bridgehead atoms. The van der Waals surface area contributed by atoms with Crippen LogP contribution in [0.3, 0.4) is 0 Å². The highest BCUT2D eigenvalue weighted by molar-refractivity contribution is 9.10. The van der Waals surface area contributed by atoms with Crippen molar-refractivity contribution in [2.75, 3.05) is 0 Å². The van der Waals surface area contributed by atoms with Crippen LogP contribution in [-0.2, 0) is 13.1 Å². The first-order chi connectivity index (χ1) is 15.1. The van der Waals surface area contributed by atoms with E-state index in [-0.39, 0.29) is 30.3 Å². The molecule has 0 fully saturated rings. The number of benzene rings is 2. The Morgan fingerprint density at radius 1 is 1.10 bits per heavy atom. The first kappa shape index (κ1) is 19.2. The third-order valence-corrected chi connectivity index (χ3v) is 5.06. The molecule has 5 aromatic rings. The molecule has 0 atom stereocenters. The molecule has 0 amide bonds.